The van der Waals surface area contributed by atoms with Crippen molar-refractivity contribution in [3.8, 4) is 0 Å². The second-order valence-corrected chi connectivity index (χ2v) is 5.22. The molecule has 1 aliphatic heterocycles. The Morgan fingerprint density at radius 3 is 2.71 bits per heavy atom. The lowest BCUT2D eigenvalue weighted by atomic mass is 10.2. The van der Waals surface area contributed by atoms with Crippen LogP contribution in [0.1, 0.15) is 6.42 Å². The lowest BCUT2D eigenvalue weighted by molar-refractivity contribution is -0.121. The van der Waals surface area contributed by atoms with Crippen molar-refractivity contribution in [2.24, 2.45) is 0 Å². The van der Waals surface area contributed by atoms with Gasteiger partial charge in [0.2, 0.25) is 5.91 Å². The lowest BCUT2D eigenvalue weighted by Crippen LogP contribution is -2.47. The SMILES string of the molecule is CNCCNC(=O)CCN1CCN(c2ccccn2)CC1. The molecule has 6 nitrogen and oxygen atoms in total. The number of carbonyl (C=O) groups is 1. The number of likely N-dealkylation sites (N-methyl/N-ethyl adjacent to an activating group) is 1. The van der Waals surface area contributed by atoms with Crippen molar-refractivity contribution < 1.29 is 4.79 Å². The predicted octanol–water partition coefficient (Wildman–Crippen LogP) is -0.0707. The van der Waals surface area contributed by atoms with Gasteiger partial charge in [-0.25, -0.2) is 4.98 Å². The molecule has 6 heteroatoms. The largest absolute Gasteiger partial charge is 0.355 e. The predicted molar refractivity (Wildman–Crippen MR) is 84.4 cm³/mol. The van der Waals surface area contributed by atoms with Gasteiger partial charge in [-0.3, -0.25) is 9.69 Å². The van der Waals surface area contributed by atoms with Gasteiger partial charge in [-0.05, 0) is 19.2 Å². The minimum atomic E-state index is 0.136. The number of amides is 1. The molecular formula is C15H25N5O. The van der Waals surface area contributed by atoms with Gasteiger partial charge in [0.15, 0.2) is 0 Å². The third-order valence-corrected chi connectivity index (χ3v) is 3.70. The first-order valence-electron chi connectivity index (χ1n) is 7.59. The molecule has 21 heavy (non-hydrogen) atoms. The van der Waals surface area contributed by atoms with E-state index in [1.54, 1.807) is 0 Å². The van der Waals surface area contributed by atoms with E-state index in [9.17, 15) is 4.79 Å². The lowest BCUT2D eigenvalue weighted by Gasteiger charge is -2.35. The molecule has 1 aromatic heterocycles. The van der Waals surface area contributed by atoms with Crippen LogP contribution in [0, 0.1) is 0 Å². The van der Waals surface area contributed by atoms with E-state index in [0.29, 0.717) is 13.0 Å². The number of rotatable bonds is 7. The molecule has 1 aliphatic rings. The molecule has 116 valence electrons. The molecule has 0 unspecified atom stereocenters. The van der Waals surface area contributed by atoms with Gasteiger partial charge in [-0.2, -0.15) is 0 Å². The summed E-state index contributed by atoms with van der Waals surface area (Å²) >= 11 is 0. The third kappa shape index (κ3) is 5.32. The van der Waals surface area contributed by atoms with Crippen LogP contribution in [0.25, 0.3) is 0 Å². The van der Waals surface area contributed by atoms with Gasteiger partial charge < -0.3 is 15.5 Å². The summed E-state index contributed by atoms with van der Waals surface area (Å²) in [6.07, 6.45) is 2.41. The molecule has 0 spiro atoms. The maximum atomic E-state index is 11.7. The molecule has 2 heterocycles. The Labute approximate surface area is 126 Å². The summed E-state index contributed by atoms with van der Waals surface area (Å²) in [7, 11) is 1.88. The number of piperazine rings is 1. The normalized spacial score (nSPS) is 16.0. The number of nitrogens with one attached hydrogen (secondary N) is 2. The van der Waals surface area contributed by atoms with E-state index >= 15 is 0 Å². The standard InChI is InChI=1S/C15H25N5O/c1-16-7-8-18-15(21)5-9-19-10-12-20(13-11-19)14-4-2-3-6-17-14/h2-4,6,16H,5,7-13H2,1H3,(H,18,21). The van der Waals surface area contributed by atoms with Gasteiger partial charge in [0, 0.05) is 58.4 Å². The van der Waals surface area contributed by atoms with Crippen molar-refractivity contribution >= 4 is 11.7 Å². The van der Waals surface area contributed by atoms with Gasteiger partial charge in [-0.1, -0.05) is 6.07 Å². The Bertz CT molecular complexity index is 417. The smallest absolute Gasteiger partial charge is 0.221 e. The molecule has 1 aromatic rings. The molecule has 2 rings (SSSR count). The van der Waals surface area contributed by atoms with Crippen LogP contribution in [0.4, 0.5) is 5.82 Å². The summed E-state index contributed by atoms with van der Waals surface area (Å²) in [6.45, 7) is 6.26. The van der Waals surface area contributed by atoms with E-state index in [1.165, 1.54) is 0 Å². The molecule has 1 amide bonds. The number of carbonyl (C=O) groups excluding carboxylic acids is 1. The van der Waals surface area contributed by atoms with Crippen LogP contribution in [0.5, 0.6) is 0 Å². The number of pyridine rings is 1. The topological polar surface area (TPSA) is 60.5 Å². The quantitative estimate of drug-likeness (QED) is 0.689. The van der Waals surface area contributed by atoms with Crippen molar-refractivity contribution in [2.45, 2.75) is 6.42 Å². The molecule has 0 saturated carbocycles. The van der Waals surface area contributed by atoms with Crippen LogP contribution in [0.3, 0.4) is 0 Å². The summed E-state index contributed by atoms with van der Waals surface area (Å²) in [6, 6.07) is 6.00. The highest BCUT2D eigenvalue weighted by molar-refractivity contribution is 5.76. The zero-order chi connectivity index (χ0) is 14.9. The molecule has 0 aromatic carbocycles. The van der Waals surface area contributed by atoms with E-state index in [1.807, 2.05) is 31.4 Å². The minimum absolute atomic E-state index is 0.136. The fourth-order valence-electron chi connectivity index (χ4n) is 2.42. The molecule has 2 N–H and O–H groups in total. The zero-order valence-corrected chi connectivity index (χ0v) is 12.7. The number of anilines is 1. The highest BCUT2D eigenvalue weighted by atomic mass is 16.1. The maximum Gasteiger partial charge on any atom is 0.221 e. The van der Waals surface area contributed by atoms with Crippen LogP contribution < -0.4 is 15.5 Å². The van der Waals surface area contributed by atoms with E-state index in [0.717, 1.165) is 45.1 Å². The van der Waals surface area contributed by atoms with Crippen LogP contribution in [0.15, 0.2) is 24.4 Å². The Morgan fingerprint density at radius 1 is 1.24 bits per heavy atom. The minimum Gasteiger partial charge on any atom is -0.355 e. The second kappa shape index (κ2) is 8.59. The molecule has 0 bridgehead atoms. The second-order valence-electron chi connectivity index (χ2n) is 5.22. The first-order chi connectivity index (χ1) is 10.3. The highest BCUT2D eigenvalue weighted by Crippen LogP contribution is 2.12. The average Bonchev–Trinajstić information content (AvgIpc) is 2.54. The van der Waals surface area contributed by atoms with Gasteiger partial charge in [0.05, 0.1) is 0 Å². The molecule has 0 radical (unpaired) electrons. The monoisotopic (exact) mass is 291 g/mol. The first kappa shape index (κ1) is 15.7. The van der Waals surface area contributed by atoms with Gasteiger partial charge >= 0.3 is 0 Å². The summed E-state index contributed by atoms with van der Waals surface area (Å²) in [5.74, 6) is 1.18. The fourth-order valence-corrected chi connectivity index (χ4v) is 2.42. The summed E-state index contributed by atoms with van der Waals surface area (Å²) in [5.41, 5.74) is 0. The Kier molecular flexibility index (Phi) is 6.43. The Balaban J connectivity index is 1.64. The number of aromatic nitrogens is 1. The van der Waals surface area contributed by atoms with Crippen molar-refractivity contribution in [1.82, 2.24) is 20.5 Å². The summed E-state index contributed by atoms with van der Waals surface area (Å²) in [5, 5.41) is 5.92. The summed E-state index contributed by atoms with van der Waals surface area (Å²) < 4.78 is 0. The zero-order valence-electron chi connectivity index (χ0n) is 12.7. The van der Waals surface area contributed by atoms with E-state index in [2.05, 4.69) is 25.4 Å². The molecular weight excluding hydrogens is 266 g/mol. The van der Waals surface area contributed by atoms with Crippen molar-refractivity contribution in [3.05, 3.63) is 24.4 Å². The van der Waals surface area contributed by atoms with Gasteiger partial charge in [-0.15, -0.1) is 0 Å². The maximum absolute atomic E-state index is 11.7. The van der Waals surface area contributed by atoms with Crippen molar-refractivity contribution in [1.29, 1.82) is 0 Å². The Hall–Kier alpha value is -1.66. The van der Waals surface area contributed by atoms with Crippen molar-refractivity contribution in [2.75, 3.05) is 57.8 Å². The Morgan fingerprint density at radius 2 is 2.05 bits per heavy atom. The van der Waals surface area contributed by atoms with Crippen molar-refractivity contribution in [3.63, 3.8) is 0 Å². The van der Waals surface area contributed by atoms with Crippen LogP contribution >= 0.6 is 0 Å². The third-order valence-electron chi connectivity index (χ3n) is 3.70. The number of hydrogen-bond acceptors (Lipinski definition) is 5. The molecule has 0 atom stereocenters. The van der Waals surface area contributed by atoms with Crippen LogP contribution in [-0.4, -0.2) is 68.7 Å². The van der Waals surface area contributed by atoms with E-state index in [4.69, 9.17) is 0 Å². The fraction of sp³-hybridized carbons (Fsp3) is 0.600. The molecule has 1 saturated heterocycles. The van der Waals surface area contributed by atoms with Gasteiger partial charge in [0.1, 0.15) is 5.82 Å². The number of hydrogen-bond donors (Lipinski definition) is 2. The number of nitrogens with zero attached hydrogens (tertiary/aromatic N) is 3. The van der Waals surface area contributed by atoms with E-state index in [-0.39, 0.29) is 5.91 Å². The summed E-state index contributed by atoms with van der Waals surface area (Å²) in [4.78, 5) is 20.7. The average molecular weight is 291 g/mol. The molecule has 1 fully saturated rings. The van der Waals surface area contributed by atoms with Crippen LogP contribution in [0.2, 0.25) is 0 Å². The first-order valence-corrected chi connectivity index (χ1v) is 7.59. The highest BCUT2D eigenvalue weighted by Gasteiger charge is 2.18. The van der Waals surface area contributed by atoms with E-state index < -0.39 is 0 Å². The van der Waals surface area contributed by atoms with Gasteiger partial charge in [0.25, 0.3) is 0 Å². The molecule has 0 aliphatic carbocycles. The van der Waals surface area contributed by atoms with Crippen LogP contribution in [-0.2, 0) is 4.79 Å².